The van der Waals surface area contributed by atoms with Gasteiger partial charge in [0.1, 0.15) is 23.3 Å². The second kappa shape index (κ2) is 11.5. The zero-order valence-corrected chi connectivity index (χ0v) is 24.4. The van der Waals surface area contributed by atoms with E-state index in [4.69, 9.17) is 18.9 Å². The van der Waals surface area contributed by atoms with Crippen LogP contribution in [0, 0.1) is 6.92 Å². The van der Waals surface area contributed by atoms with Crippen LogP contribution < -0.4 is 29.1 Å². The predicted molar refractivity (Wildman–Crippen MR) is 152 cm³/mol. The molecule has 8 nitrogen and oxygen atoms in total. The molecule has 1 atom stereocenters. The number of esters is 1. The molecule has 4 rings (SSSR count). The molecule has 9 heteroatoms. The lowest BCUT2D eigenvalue weighted by molar-refractivity contribution is -0.139. The van der Waals surface area contributed by atoms with Gasteiger partial charge in [0, 0.05) is 11.6 Å². The highest BCUT2D eigenvalue weighted by molar-refractivity contribution is 7.07. The fraction of sp³-hybridized carbons (Fsp3) is 0.367. The molecule has 0 saturated heterocycles. The zero-order valence-electron chi connectivity index (χ0n) is 23.6. The first-order valence-corrected chi connectivity index (χ1v) is 13.6. The lowest BCUT2D eigenvalue weighted by Gasteiger charge is -2.26. The van der Waals surface area contributed by atoms with Gasteiger partial charge < -0.3 is 18.9 Å². The summed E-state index contributed by atoms with van der Waals surface area (Å²) in [5, 5.41) is 0. The molecule has 0 bridgehead atoms. The molecule has 206 valence electrons. The molecule has 2 heterocycles. The van der Waals surface area contributed by atoms with Crippen molar-refractivity contribution in [2.24, 2.45) is 4.99 Å². The molecule has 39 heavy (non-hydrogen) atoms. The quantitative estimate of drug-likeness (QED) is 0.390. The number of carbonyl (C=O) groups excluding carboxylic acids is 1. The first kappa shape index (κ1) is 28.2. The lowest BCUT2D eigenvalue weighted by Crippen LogP contribution is -2.40. The number of benzene rings is 2. The minimum absolute atomic E-state index is 0.196. The molecule has 1 aliphatic heterocycles. The van der Waals surface area contributed by atoms with Gasteiger partial charge in [-0.05, 0) is 73.7 Å². The number of aromatic nitrogens is 1. The number of ether oxygens (including phenoxy) is 4. The van der Waals surface area contributed by atoms with E-state index in [2.05, 4.69) is 24.9 Å². The molecule has 0 aliphatic carbocycles. The van der Waals surface area contributed by atoms with Crippen molar-refractivity contribution in [3.05, 3.63) is 83.5 Å². The Balaban J connectivity index is 2.00. The standard InChI is InChI=1S/C30H34N2O6S/c1-9-38-29(34)26-18(5)31-30-32(27(26)21-11-10-20(35-6)15-24(21)37-8)28(33)25(39-30)14-19-13-22(16(2)3)23(36-7)12-17(19)4/h10-16,27H,9H2,1-8H3/b25-14+/t27-/m1/s1. The number of fused-ring (bicyclic) bond motifs is 1. The van der Waals surface area contributed by atoms with E-state index in [1.165, 1.54) is 11.3 Å². The van der Waals surface area contributed by atoms with Gasteiger partial charge in [-0.2, -0.15) is 0 Å². The van der Waals surface area contributed by atoms with Crippen molar-refractivity contribution in [1.29, 1.82) is 0 Å². The van der Waals surface area contributed by atoms with Crippen LogP contribution in [0.25, 0.3) is 6.08 Å². The van der Waals surface area contributed by atoms with Crippen LogP contribution in [0.4, 0.5) is 0 Å². The van der Waals surface area contributed by atoms with Gasteiger partial charge in [0.2, 0.25) is 0 Å². The zero-order chi connectivity index (χ0) is 28.4. The second-order valence-electron chi connectivity index (χ2n) is 9.52. The van der Waals surface area contributed by atoms with Crippen LogP contribution in [0.3, 0.4) is 0 Å². The Morgan fingerprint density at radius 3 is 2.41 bits per heavy atom. The molecule has 0 fully saturated rings. The van der Waals surface area contributed by atoms with Crippen molar-refractivity contribution >= 4 is 23.4 Å². The maximum atomic E-state index is 14.0. The lowest BCUT2D eigenvalue weighted by atomic mass is 9.95. The number of hydrogen-bond donors (Lipinski definition) is 0. The number of methoxy groups -OCH3 is 3. The second-order valence-corrected chi connectivity index (χ2v) is 10.5. The van der Waals surface area contributed by atoms with Crippen molar-refractivity contribution in [3.8, 4) is 17.2 Å². The van der Waals surface area contributed by atoms with E-state index in [1.807, 2.05) is 19.1 Å². The normalized spacial score (nSPS) is 15.2. The highest BCUT2D eigenvalue weighted by Gasteiger charge is 2.35. The Bertz CT molecular complexity index is 1630. The van der Waals surface area contributed by atoms with Gasteiger partial charge in [-0.1, -0.05) is 25.2 Å². The third kappa shape index (κ3) is 5.23. The SMILES string of the molecule is CCOC(=O)C1=C(C)N=c2s/c(=C/c3cc(C(C)C)c(OC)cc3C)c(=O)n2[C@@H]1c1ccc(OC)cc1OC. The molecular weight excluding hydrogens is 516 g/mol. The number of thiazole rings is 1. The number of hydrogen-bond acceptors (Lipinski definition) is 8. The van der Waals surface area contributed by atoms with Crippen LogP contribution in [0.5, 0.6) is 17.2 Å². The molecule has 1 aliphatic rings. The first-order chi connectivity index (χ1) is 18.6. The molecule has 0 amide bonds. The number of aryl methyl sites for hydroxylation is 1. The summed E-state index contributed by atoms with van der Waals surface area (Å²) in [4.78, 5) is 32.4. The summed E-state index contributed by atoms with van der Waals surface area (Å²) in [5.74, 6) is 1.62. The topological polar surface area (TPSA) is 88.4 Å². The first-order valence-electron chi connectivity index (χ1n) is 12.7. The largest absolute Gasteiger partial charge is 0.497 e. The maximum absolute atomic E-state index is 14.0. The molecule has 0 radical (unpaired) electrons. The summed E-state index contributed by atoms with van der Waals surface area (Å²) in [6, 6.07) is 8.59. The number of carbonyl (C=O) groups is 1. The Hall–Kier alpha value is -3.85. The van der Waals surface area contributed by atoms with Crippen molar-refractivity contribution in [2.75, 3.05) is 27.9 Å². The minimum Gasteiger partial charge on any atom is -0.497 e. The van der Waals surface area contributed by atoms with E-state index in [0.29, 0.717) is 37.7 Å². The number of nitrogens with zero attached hydrogens (tertiary/aromatic N) is 2. The van der Waals surface area contributed by atoms with Gasteiger partial charge in [0.05, 0.1) is 43.7 Å². The Labute approximate surface area is 231 Å². The summed E-state index contributed by atoms with van der Waals surface area (Å²) in [6.45, 7) is 9.90. The van der Waals surface area contributed by atoms with Gasteiger partial charge in [-0.25, -0.2) is 9.79 Å². The van der Waals surface area contributed by atoms with E-state index in [9.17, 15) is 9.59 Å². The van der Waals surface area contributed by atoms with E-state index in [-0.39, 0.29) is 18.1 Å². The van der Waals surface area contributed by atoms with Crippen molar-refractivity contribution in [2.45, 2.75) is 46.6 Å². The average molecular weight is 551 g/mol. The summed E-state index contributed by atoms with van der Waals surface area (Å²) in [7, 11) is 4.77. The van der Waals surface area contributed by atoms with E-state index >= 15 is 0 Å². The molecule has 0 N–H and O–H groups in total. The summed E-state index contributed by atoms with van der Waals surface area (Å²) in [5.41, 5.74) is 4.13. The smallest absolute Gasteiger partial charge is 0.338 e. The highest BCUT2D eigenvalue weighted by Crippen LogP contribution is 2.37. The van der Waals surface area contributed by atoms with E-state index in [1.54, 1.807) is 57.9 Å². The van der Waals surface area contributed by atoms with Gasteiger partial charge in [0.15, 0.2) is 4.80 Å². The number of allylic oxidation sites excluding steroid dienone is 1. The molecular formula is C30H34N2O6S. The van der Waals surface area contributed by atoms with Gasteiger partial charge >= 0.3 is 5.97 Å². The summed E-state index contributed by atoms with van der Waals surface area (Å²) >= 11 is 1.29. The maximum Gasteiger partial charge on any atom is 0.338 e. The molecule has 0 spiro atoms. The molecule has 2 aromatic carbocycles. The molecule has 0 saturated carbocycles. The molecule has 1 aromatic heterocycles. The fourth-order valence-corrected chi connectivity index (χ4v) is 5.81. The molecule has 0 unspecified atom stereocenters. The highest BCUT2D eigenvalue weighted by atomic mass is 32.1. The van der Waals surface area contributed by atoms with Gasteiger partial charge in [-0.15, -0.1) is 0 Å². The monoisotopic (exact) mass is 550 g/mol. The van der Waals surface area contributed by atoms with Gasteiger partial charge in [0.25, 0.3) is 5.56 Å². The summed E-state index contributed by atoms with van der Waals surface area (Å²) < 4.78 is 24.1. The van der Waals surface area contributed by atoms with Crippen LogP contribution in [-0.2, 0) is 9.53 Å². The number of rotatable bonds is 8. The Morgan fingerprint density at radius 2 is 1.79 bits per heavy atom. The van der Waals surface area contributed by atoms with Crippen LogP contribution in [0.2, 0.25) is 0 Å². The third-order valence-electron chi connectivity index (χ3n) is 6.78. The van der Waals surface area contributed by atoms with Crippen molar-refractivity contribution in [1.82, 2.24) is 4.57 Å². The van der Waals surface area contributed by atoms with E-state index in [0.717, 1.165) is 22.4 Å². The Morgan fingerprint density at radius 1 is 1.08 bits per heavy atom. The van der Waals surface area contributed by atoms with Crippen LogP contribution in [-0.4, -0.2) is 38.5 Å². The van der Waals surface area contributed by atoms with Crippen LogP contribution in [0.15, 0.2) is 51.4 Å². The fourth-order valence-electron chi connectivity index (χ4n) is 4.77. The molecule has 3 aromatic rings. The van der Waals surface area contributed by atoms with Crippen LogP contribution in [0.1, 0.15) is 61.9 Å². The van der Waals surface area contributed by atoms with Gasteiger partial charge in [-0.3, -0.25) is 9.36 Å². The minimum atomic E-state index is -0.786. The van der Waals surface area contributed by atoms with Crippen molar-refractivity contribution in [3.63, 3.8) is 0 Å². The predicted octanol–water partition coefficient (Wildman–Crippen LogP) is 4.26. The van der Waals surface area contributed by atoms with Crippen molar-refractivity contribution < 1.29 is 23.7 Å². The Kier molecular flexibility index (Phi) is 8.30. The third-order valence-corrected chi connectivity index (χ3v) is 7.76. The summed E-state index contributed by atoms with van der Waals surface area (Å²) in [6.07, 6.45) is 1.89. The van der Waals surface area contributed by atoms with E-state index < -0.39 is 12.0 Å². The average Bonchev–Trinajstić information content (AvgIpc) is 3.22. The van der Waals surface area contributed by atoms with Crippen LogP contribution >= 0.6 is 11.3 Å².